The molecule has 9 rings (SSSR count). The predicted octanol–water partition coefficient (Wildman–Crippen LogP) is 3.40. The molecule has 32 nitrogen and oxygen atoms in total. The zero-order valence-electron chi connectivity index (χ0n) is 66.9. The van der Waals surface area contributed by atoms with Gasteiger partial charge in [0.15, 0.2) is 11.7 Å². The number of ketones is 4. The van der Waals surface area contributed by atoms with Crippen LogP contribution < -0.4 is 70.4 Å². The van der Waals surface area contributed by atoms with Gasteiger partial charge in [0, 0.05) is 123 Å². The number of imidazole rings is 1. The first-order valence-corrected chi connectivity index (χ1v) is 42.6. The normalized spacial score (nSPS) is 23.9. The number of benzene rings is 5. The van der Waals surface area contributed by atoms with Crippen LogP contribution in [0.15, 0.2) is 164 Å². The van der Waals surface area contributed by atoms with Crippen LogP contribution in [0.2, 0.25) is 0 Å². The van der Waals surface area contributed by atoms with Gasteiger partial charge < -0.3 is 80.3 Å². The molecule has 7 aromatic rings. The summed E-state index contributed by atoms with van der Waals surface area (Å²) in [5.41, 5.74) is 21.1. The highest BCUT2D eigenvalue weighted by Gasteiger charge is 2.40. The molecule has 10 amide bonds. The third kappa shape index (κ3) is 29.0. The minimum Gasteiger partial charge on any atom is -0.388 e. The second kappa shape index (κ2) is 46.1. The molecular weight excluding hydrogens is 1570 g/mol. The van der Waals surface area contributed by atoms with E-state index in [0.29, 0.717) is 45.4 Å². The van der Waals surface area contributed by atoms with Gasteiger partial charge in [-0.15, -0.1) is 0 Å². The molecular formula is C86H106N18O14S2. The minimum atomic E-state index is -1.78. The molecule has 0 spiro atoms. The topological polar surface area (TPSA) is 530 Å². The highest BCUT2D eigenvalue weighted by Crippen LogP contribution is 2.33. The van der Waals surface area contributed by atoms with Gasteiger partial charge in [0.05, 0.1) is 30.3 Å². The van der Waals surface area contributed by atoms with E-state index in [1.165, 1.54) is 26.4 Å². The number of Topliss-reactive ketones (excluding diaryl/α,β-unsaturated/α-hetero) is 4. The maximum Gasteiger partial charge on any atom is 0.244 e. The van der Waals surface area contributed by atoms with Crippen molar-refractivity contribution in [1.29, 1.82) is 10.8 Å². The molecule has 2 aliphatic heterocycles. The fraction of sp³-hybridized carbons (Fsp3) is 0.407. The number of nitrogens with one attached hydrogen (secondary N) is 14. The van der Waals surface area contributed by atoms with E-state index in [4.69, 9.17) is 28.0 Å². The van der Waals surface area contributed by atoms with Crippen LogP contribution in [0.3, 0.4) is 0 Å². The number of aromatic amines is 2. The number of amidine groups is 1. The highest BCUT2D eigenvalue weighted by molar-refractivity contribution is 8.76. The fourth-order valence-corrected chi connectivity index (χ4v) is 16.9. The monoisotopic (exact) mass is 1680 g/mol. The maximum atomic E-state index is 16.0. The molecule has 13 atom stereocenters. The third-order valence-electron chi connectivity index (χ3n) is 21.0. The summed E-state index contributed by atoms with van der Waals surface area (Å²) in [5.74, 6) is -17.9. The predicted molar refractivity (Wildman–Crippen MR) is 454 cm³/mol. The van der Waals surface area contributed by atoms with Crippen molar-refractivity contribution in [2.45, 2.75) is 177 Å². The molecule has 0 radical (unpaired) electrons. The summed E-state index contributed by atoms with van der Waals surface area (Å²) in [4.78, 5) is 221. The molecule has 4 heterocycles. The molecule has 34 heteroatoms. The number of hydrogen-bond acceptors (Lipinski definition) is 19. The Bertz CT molecular complexity index is 4730. The fourth-order valence-electron chi connectivity index (χ4n) is 14.4. The summed E-state index contributed by atoms with van der Waals surface area (Å²) in [7, 11) is 1.98. The second-order valence-corrected chi connectivity index (χ2v) is 33.0. The molecule has 2 bridgehead atoms. The van der Waals surface area contributed by atoms with Gasteiger partial charge in [-0.25, -0.2) is 4.98 Å². The summed E-state index contributed by atoms with van der Waals surface area (Å²) in [6.45, 7) is 2.64. The molecule has 20 N–H and O–H groups in total. The van der Waals surface area contributed by atoms with Crippen molar-refractivity contribution in [2.24, 2.45) is 40.9 Å². The number of nitrogens with zero attached hydrogens (tertiary/aromatic N) is 1. The highest BCUT2D eigenvalue weighted by atomic mass is 33.1. The molecule has 636 valence electrons. The van der Waals surface area contributed by atoms with Gasteiger partial charge in [0.25, 0.3) is 0 Å². The van der Waals surface area contributed by atoms with Crippen LogP contribution in [0.1, 0.15) is 118 Å². The van der Waals surface area contributed by atoms with Gasteiger partial charge in [-0.2, -0.15) is 0 Å². The van der Waals surface area contributed by atoms with E-state index in [9.17, 15) is 24.0 Å². The summed E-state index contributed by atoms with van der Waals surface area (Å²) in [6.07, 6.45) is 1.37. The zero-order chi connectivity index (χ0) is 86.2. The second-order valence-electron chi connectivity index (χ2n) is 30.4. The van der Waals surface area contributed by atoms with E-state index in [1.54, 1.807) is 134 Å². The first-order chi connectivity index (χ1) is 57.6. The van der Waals surface area contributed by atoms with Gasteiger partial charge in [0.2, 0.25) is 59.1 Å². The third-order valence-corrected chi connectivity index (χ3v) is 23.5. The molecule has 5 aromatic carbocycles. The van der Waals surface area contributed by atoms with Crippen LogP contribution in [0.4, 0.5) is 0 Å². The molecule has 2 fully saturated rings. The van der Waals surface area contributed by atoms with E-state index in [1.807, 2.05) is 18.2 Å². The number of nitrogens with two attached hydrogens (primary N) is 3. The summed E-state index contributed by atoms with van der Waals surface area (Å²) >= 11 is 0. The van der Waals surface area contributed by atoms with E-state index in [0.717, 1.165) is 27.0 Å². The van der Waals surface area contributed by atoms with Crippen molar-refractivity contribution >= 4 is 126 Å². The number of fused-ring (bicyclic) bond motifs is 6. The summed E-state index contributed by atoms with van der Waals surface area (Å²) < 4.78 is 0. The van der Waals surface area contributed by atoms with E-state index >= 15 is 43.2 Å². The van der Waals surface area contributed by atoms with Crippen LogP contribution in [0.25, 0.3) is 10.9 Å². The van der Waals surface area contributed by atoms with Crippen LogP contribution in [0.5, 0.6) is 0 Å². The number of hydrogen-bond donors (Lipinski definition) is 17. The molecule has 0 unspecified atom stereocenters. The lowest BCUT2D eigenvalue weighted by atomic mass is 9.80. The Kier molecular flexibility index (Phi) is 35.2. The number of carbonyl (C=O) groups excluding carboxylic acids is 14. The van der Waals surface area contributed by atoms with Crippen molar-refractivity contribution < 1.29 is 67.1 Å². The first-order valence-electron chi connectivity index (χ1n) is 40.1. The summed E-state index contributed by atoms with van der Waals surface area (Å²) in [5, 5.41) is 43.8. The molecule has 2 aliphatic rings. The SMILES string of the molecule is C[C@@H]1NC(=O)[C@H](CC(N)=O)NC(=O)[C@H](Cc2ccccc2)NC(=O)[C@H](Cc2ccccc2)CC(=O)[C@H](CCCNC(=N)N)CC(=O)[C@@H]2CSSC[C@H](NC(=O)[C@H](Cc3ccccc3)NC1=O)C(=O)N[C@@H](C)C(=O)N[C@@H](Cc1c[nH]cn1)C(=O)N[C@H](Cc1ccccc1)C(=O)N[C@@H](CCCCC(=N)N)C(=O)C[C@@H](Cc1c[nH]c3ccccc13)C(=O)C2. The lowest BCUT2D eigenvalue weighted by Gasteiger charge is -2.27. The quantitative estimate of drug-likeness (QED) is 0.0189. The van der Waals surface area contributed by atoms with E-state index in [-0.39, 0.29) is 100 Å². The number of rotatable bonds is 23. The Balaban J connectivity index is 1.19. The average molecular weight is 1680 g/mol. The number of para-hydroxylation sites is 1. The zero-order valence-corrected chi connectivity index (χ0v) is 68.6. The number of aromatic nitrogens is 3. The lowest BCUT2D eigenvalue weighted by Crippen LogP contribution is -2.61. The van der Waals surface area contributed by atoms with Crippen LogP contribution in [-0.4, -0.2) is 181 Å². The first kappa shape index (κ1) is 91.6. The van der Waals surface area contributed by atoms with E-state index < -0.39 is 192 Å². The average Bonchev–Trinajstić information content (AvgIpc) is 1.67. The van der Waals surface area contributed by atoms with E-state index in [2.05, 4.69) is 68.1 Å². The van der Waals surface area contributed by atoms with Crippen molar-refractivity contribution in [3.63, 3.8) is 0 Å². The van der Waals surface area contributed by atoms with Crippen LogP contribution >= 0.6 is 21.6 Å². The van der Waals surface area contributed by atoms with Crippen molar-refractivity contribution in [3.8, 4) is 0 Å². The largest absolute Gasteiger partial charge is 0.388 e. The number of carbonyl (C=O) groups is 14. The minimum absolute atomic E-state index is 0.0233. The summed E-state index contributed by atoms with van der Waals surface area (Å²) in [6, 6.07) is 27.7. The number of amides is 10. The Hall–Kier alpha value is -12.3. The Labute approximate surface area is 702 Å². The number of guanidine groups is 1. The molecule has 2 aromatic heterocycles. The Morgan fingerprint density at radius 3 is 1.45 bits per heavy atom. The molecule has 120 heavy (non-hydrogen) atoms. The standard InChI is InChI=1S/C86H106N18O14S2/c1-50-77(110)99-65(35-53-22-9-4-10-23-53)83(116)104-70-48-120-119-47-60(73(107)39-56(28-19-33-93-86(90)91)71(105)41-58(34-52-20-7-3-8-21-52)79(112)101-66(36-54-24-11-5-12-25-54)82(115)103-69(44-76(89)109)80(113)96-50)42-72(106)57(38-59-45-94-63-30-16-15-29-62(59)63)40-74(108)64(31-17-18-32-75(87)88)98-81(114)67(37-55-26-13-6-14-27-55)102-84(117)68(43-61-46-92-49-95-61)100-78(111)51(2)97-85(70)118/h3-16,20-27,29-30,45-46,49-51,56-58,60,64-70,94H,17-19,28,31-44,47-48H2,1-2H3,(H3,87,88)(H2,89,109)(H,92,95)(H,96,113)(H,97,118)(H,98,114)(H,99,110)(H,100,111)(H,101,112)(H,102,117)(H,103,115)(H,104,116)(H4,90,91,93)/t50-,51-,56+,57+,58+,60-,64-,65-,66-,67+,68-,69-,70-/m0/s1. The van der Waals surface area contributed by atoms with Gasteiger partial charge in [-0.1, -0.05) is 168 Å². The van der Waals surface area contributed by atoms with Crippen LogP contribution in [-0.2, 0) is 106 Å². The van der Waals surface area contributed by atoms with Gasteiger partial charge in [-0.3, -0.25) is 77.9 Å². The molecule has 2 saturated heterocycles. The van der Waals surface area contributed by atoms with Gasteiger partial charge in [0.1, 0.15) is 65.7 Å². The number of primary amides is 1. The smallest absolute Gasteiger partial charge is 0.244 e. The Morgan fingerprint density at radius 2 is 0.900 bits per heavy atom. The maximum absolute atomic E-state index is 16.0. The molecule has 0 saturated carbocycles. The van der Waals surface area contributed by atoms with Crippen molar-refractivity contribution in [2.75, 3.05) is 18.1 Å². The van der Waals surface area contributed by atoms with Gasteiger partial charge >= 0.3 is 0 Å². The Morgan fingerprint density at radius 1 is 0.433 bits per heavy atom. The van der Waals surface area contributed by atoms with Crippen molar-refractivity contribution in [3.05, 3.63) is 198 Å². The van der Waals surface area contributed by atoms with Gasteiger partial charge in [-0.05, 0) is 86.3 Å². The van der Waals surface area contributed by atoms with Crippen LogP contribution in [0, 0.1) is 34.5 Å². The van der Waals surface area contributed by atoms with Crippen molar-refractivity contribution in [1.82, 2.24) is 68.1 Å². The molecule has 0 aliphatic carbocycles. The number of unbranched alkanes of at least 4 members (excludes halogenated alkanes) is 1. The lowest BCUT2D eigenvalue weighted by molar-refractivity contribution is -0.137. The number of H-pyrrole nitrogens is 2.